The van der Waals surface area contributed by atoms with E-state index in [0.717, 1.165) is 29.4 Å². The van der Waals surface area contributed by atoms with Gasteiger partial charge in [-0.05, 0) is 38.1 Å². The van der Waals surface area contributed by atoms with Gasteiger partial charge in [0.2, 0.25) is 0 Å². The van der Waals surface area contributed by atoms with Crippen LogP contribution in [0.5, 0.6) is 11.5 Å². The van der Waals surface area contributed by atoms with Gasteiger partial charge >= 0.3 is 0 Å². The molecule has 1 N–H and O–H groups in total. The molecule has 0 atom stereocenters. The highest BCUT2D eigenvalue weighted by atomic mass is 16.5. The lowest BCUT2D eigenvalue weighted by molar-refractivity contribution is 0.266. The Labute approximate surface area is 119 Å². The van der Waals surface area contributed by atoms with Crippen LogP contribution in [0.2, 0.25) is 0 Å². The van der Waals surface area contributed by atoms with Gasteiger partial charge in [0.15, 0.2) is 11.5 Å². The number of hydrogen-bond acceptors (Lipinski definition) is 4. The number of benzene rings is 1. The van der Waals surface area contributed by atoms with Gasteiger partial charge in [-0.2, -0.15) is 0 Å². The van der Waals surface area contributed by atoms with Gasteiger partial charge in [0.05, 0.1) is 12.3 Å². The maximum atomic E-state index is 5.79. The van der Waals surface area contributed by atoms with Crippen LogP contribution >= 0.6 is 0 Å². The molecule has 0 aliphatic carbocycles. The molecule has 0 spiro atoms. The average Bonchev–Trinajstić information content (AvgIpc) is 2.47. The van der Waals surface area contributed by atoms with Crippen molar-refractivity contribution in [2.75, 3.05) is 18.5 Å². The zero-order valence-corrected chi connectivity index (χ0v) is 11.9. The Balaban J connectivity index is 2.03. The van der Waals surface area contributed by atoms with E-state index in [9.17, 15) is 0 Å². The number of nitrogens with one attached hydrogen (secondary N) is 1. The third-order valence-electron chi connectivity index (χ3n) is 2.72. The summed E-state index contributed by atoms with van der Waals surface area (Å²) in [6.45, 7) is 5.95. The van der Waals surface area contributed by atoms with Crippen LogP contribution in [-0.4, -0.2) is 18.1 Å². The van der Waals surface area contributed by atoms with Gasteiger partial charge in [-0.3, -0.25) is 4.98 Å². The largest absolute Gasteiger partial charge is 0.490 e. The highest BCUT2D eigenvalue weighted by Crippen LogP contribution is 2.27. The first-order valence-corrected chi connectivity index (χ1v) is 6.87. The van der Waals surface area contributed by atoms with Gasteiger partial charge in [0.25, 0.3) is 0 Å². The normalized spacial score (nSPS) is 10.1. The summed E-state index contributed by atoms with van der Waals surface area (Å²) in [5, 5.41) is 3.26. The molecular weight excluding hydrogens is 252 g/mol. The molecule has 2 rings (SSSR count). The summed E-state index contributed by atoms with van der Waals surface area (Å²) in [5.74, 6) is 1.50. The lowest BCUT2D eigenvalue weighted by atomic mass is 10.3. The first-order chi connectivity index (χ1) is 9.83. The van der Waals surface area contributed by atoms with Gasteiger partial charge in [-0.1, -0.05) is 12.1 Å². The van der Waals surface area contributed by atoms with Crippen LogP contribution in [0.25, 0.3) is 0 Å². The van der Waals surface area contributed by atoms with Crippen molar-refractivity contribution < 1.29 is 9.47 Å². The second-order valence-corrected chi connectivity index (χ2v) is 4.23. The molecule has 2 aromatic rings. The zero-order chi connectivity index (χ0) is 14.2. The molecule has 0 saturated heterocycles. The molecule has 0 aliphatic heterocycles. The monoisotopic (exact) mass is 272 g/mol. The molecule has 0 aliphatic rings. The molecule has 0 fully saturated rings. The predicted molar refractivity (Wildman–Crippen MR) is 80.3 cm³/mol. The lowest BCUT2D eigenvalue weighted by Crippen LogP contribution is -2.03. The maximum Gasteiger partial charge on any atom is 0.161 e. The Kier molecular flexibility index (Phi) is 5.24. The Morgan fingerprint density at radius 1 is 1.05 bits per heavy atom. The zero-order valence-electron chi connectivity index (χ0n) is 11.9. The smallest absolute Gasteiger partial charge is 0.161 e. The van der Waals surface area contributed by atoms with Crippen LogP contribution in [0.3, 0.4) is 0 Å². The van der Waals surface area contributed by atoms with Gasteiger partial charge in [-0.15, -0.1) is 0 Å². The summed E-state index contributed by atoms with van der Waals surface area (Å²) in [6.07, 6.45) is 1.78. The third kappa shape index (κ3) is 3.88. The van der Waals surface area contributed by atoms with Crippen molar-refractivity contribution in [3.8, 4) is 11.5 Å². The Hall–Kier alpha value is -2.23. The first-order valence-electron chi connectivity index (χ1n) is 6.87. The molecule has 4 nitrogen and oxygen atoms in total. The summed E-state index contributed by atoms with van der Waals surface area (Å²) in [7, 11) is 0. The van der Waals surface area contributed by atoms with E-state index in [2.05, 4.69) is 17.2 Å². The number of hydrogen-bond donors (Lipinski definition) is 1. The Morgan fingerprint density at radius 3 is 2.50 bits per heavy atom. The van der Waals surface area contributed by atoms with E-state index in [1.807, 2.05) is 43.3 Å². The number of ether oxygens (including phenoxy) is 2. The van der Waals surface area contributed by atoms with Gasteiger partial charge < -0.3 is 14.8 Å². The van der Waals surface area contributed by atoms with E-state index < -0.39 is 0 Å². The summed E-state index contributed by atoms with van der Waals surface area (Å²) in [5.41, 5.74) is 1.94. The fraction of sp³-hybridized carbons (Fsp3) is 0.312. The SMILES string of the molecule is CCNc1ccnc(COc2ccccc2OCC)c1. The molecule has 1 aromatic carbocycles. The average molecular weight is 272 g/mol. The van der Waals surface area contributed by atoms with Gasteiger partial charge in [-0.25, -0.2) is 0 Å². The minimum Gasteiger partial charge on any atom is -0.490 e. The van der Waals surface area contributed by atoms with E-state index in [-0.39, 0.29) is 0 Å². The molecule has 106 valence electrons. The fourth-order valence-electron chi connectivity index (χ4n) is 1.87. The molecular formula is C16H20N2O2. The standard InChI is InChI=1S/C16H20N2O2/c1-3-17-13-9-10-18-14(11-13)12-20-16-8-6-5-7-15(16)19-4-2/h5-11H,3-4,12H2,1-2H3,(H,17,18). The van der Waals surface area contributed by atoms with Crippen LogP contribution in [-0.2, 0) is 6.61 Å². The summed E-state index contributed by atoms with van der Waals surface area (Å²) < 4.78 is 11.3. The first kappa shape index (κ1) is 14.2. The molecule has 0 unspecified atom stereocenters. The van der Waals surface area contributed by atoms with E-state index in [1.54, 1.807) is 6.20 Å². The Morgan fingerprint density at radius 2 is 1.80 bits per heavy atom. The maximum absolute atomic E-state index is 5.79. The predicted octanol–water partition coefficient (Wildman–Crippen LogP) is 3.49. The molecule has 1 aromatic heterocycles. The van der Waals surface area contributed by atoms with Crippen molar-refractivity contribution in [1.29, 1.82) is 0 Å². The number of rotatable bonds is 7. The van der Waals surface area contributed by atoms with Crippen LogP contribution in [0, 0.1) is 0 Å². The molecule has 0 saturated carbocycles. The number of nitrogens with zero attached hydrogens (tertiary/aromatic N) is 1. The highest BCUT2D eigenvalue weighted by molar-refractivity contribution is 5.43. The topological polar surface area (TPSA) is 43.4 Å². The van der Waals surface area contributed by atoms with Gasteiger partial charge in [0.1, 0.15) is 6.61 Å². The molecule has 0 radical (unpaired) electrons. The van der Waals surface area contributed by atoms with Crippen molar-refractivity contribution >= 4 is 5.69 Å². The summed E-state index contributed by atoms with van der Waals surface area (Å²) in [6, 6.07) is 11.6. The third-order valence-corrected chi connectivity index (χ3v) is 2.72. The molecule has 20 heavy (non-hydrogen) atoms. The van der Waals surface area contributed by atoms with Crippen molar-refractivity contribution in [3.05, 3.63) is 48.3 Å². The minimum absolute atomic E-state index is 0.420. The van der Waals surface area contributed by atoms with Crippen molar-refractivity contribution in [2.24, 2.45) is 0 Å². The van der Waals surface area contributed by atoms with Crippen LogP contribution in [0.1, 0.15) is 19.5 Å². The van der Waals surface area contributed by atoms with Crippen molar-refractivity contribution in [3.63, 3.8) is 0 Å². The van der Waals surface area contributed by atoms with Crippen molar-refractivity contribution in [1.82, 2.24) is 4.98 Å². The van der Waals surface area contributed by atoms with E-state index in [4.69, 9.17) is 9.47 Å². The number of anilines is 1. The van der Waals surface area contributed by atoms with E-state index in [0.29, 0.717) is 13.2 Å². The summed E-state index contributed by atoms with van der Waals surface area (Å²) >= 11 is 0. The second kappa shape index (κ2) is 7.38. The highest BCUT2D eigenvalue weighted by Gasteiger charge is 2.04. The number of pyridine rings is 1. The van der Waals surface area contributed by atoms with Crippen LogP contribution in [0.4, 0.5) is 5.69 Å². The summed E-state index contributed by atoms with van der Waals surface area (Å²) in [4.78, 5) is 4.31. The minimum atomic E-state index is 0.420. The molecule has 0 amide bonds. The lowest BCUT2D eigenvalue weighted by Gasteiger charge is -2.11. The number of aromatic nitrogens is 1. The molecule has 1 heterocycles. The van der Waals surface area contributed by atoms with E-state index in [1.165, 1.54) is 0 Å². The quantitative estimate of drug-likeness (QED) is 0.838. The van der Waals surface area contributed by atoms with Crippen LogP contribution < -0.4 is 14.8 Å². The molecule has 0 bridgehead atoms. The van der Waals surface area contributed by atoms with Crippen molar-refractivity contribution in [2.45, 2.75) is 20.5 Å². The molecule has 4 heteroatoms. The van der Waals surface area contributed by atoms with Gasteiger partial charge in [0, 0.05) is 18.4 Å². The fourth-order valence-corrected chi connectivity index (χ4v) is 1.87. The van der Waals surface area contributed by atoms with Crippen LogP contribution in [0.15, 0.2) is 42.6 Å². The van der Waals surface area contributed by atoms with E-state index >= 15 is 0 Å². The number of para-hydroxylation sites is 2. The Bertz CT molecular complexity index is 544. The second-order valence-electron chi connectivity index (χ2n) is 4.23.